The minimum Gasteiger partial charge on any atom is -0.454 e. The van der Waals surface area contributed by atoms with Gasteiger partial charge in [0.25, 0.3) is 5.91 Å². The third-order valence-corrected chi connectivity index (χ3v) is 6.86. The highest BCUT2D eigenvalue weighted by molar-refractivity contribution is 5.92. The van der Waals surface area contributed by atoms with E-state index in [4.69, 9.17) is 9.47 Å². The Morgan fingerprint density at radius 2 is 1.93 bits per heavy atom. The van der Waals surface area contributed by atoms with E-state index < -0.39 is 0 Å². The maximum atomic E-state index is 13.3. The second kappa shape index (κ2) is 6.17. The van der Waals surface area contributed by atoms with E-state index in [0.29, 0.717) is 24.2 Å². The average molecular weight is 378 g/mol. The van der Waals surface area contributed by atoms with E-state index in [2.05, 4.69) is 31.9 Å². The van der Waals surface area contributed by atoms with Gasteiger partial charge < -0.3 is 14.4 Å². The van der Waals surface area contributed by atoms with Crippen molar-refractivity contribution < 1.29 is 14.3 Å². The highest BCUT2D eigenvalue weighted by Crippen LogP contribution is 2.48. The van der Waals surface area contributed by atoms with E-state index in [1.165, 1.54) is 18.4 Å². The van der Waals surface area contributed by atoms with Crippen molar-refractivity contribution in [1.29, 1.82) is 0 Å². The van der Waals surface area contributed by atoms with Crippen LogP contribution in [0.4, 0.5) is 0 Å². The zero-order valence-corrected chi connectivity index (χ0v) is 15.5. The van der Waals surface area contributed by atoms with Crippen molar-refractivity contribution in [2.45, 2.75) is 30.8 Å². The van der Waals surface area contributed by atoms with E-state index in [1.54, 1.807) is 18.6 Å². The Hall–Kier alpha value is -2.67. The van der Waals surface area contributed by atoms with Crippen molar-refractivity contribution in [3.05, 3.63) is 48.0 Å². The van der Waals surface area contributed by atoms with Crippen LogP contribution in [0.15, 0.2) is 36.8 Å². The minimum absolute atomic E-state index is 0.0000864. The van der Waals surface area contributed by atoms with Crippen LogP contribution in [0, 0.1) is 5.92 Å². The topological polar surface area (TPSA) is 67.8 Å². The van der Waals surface area contributed by atoms with Gasteiger partial charge in [0.15, 0.2) is 11.5 Å². The number of carbonyl (C=O) groups excluding carboxylic acids is 1. The molecule has 2 bridgehead atoms. The van der Waals surface area contributed by atoms with Crippen LogP contribution in [0.2, 0.25) is 0 Å². The van der Waals surface area contributed by atoms with E-state index >= 15 is 0 Å². The summed E-state index contributed by atoms with van der Waals surface area (Å²) >= 11 is 0. The Labute approximate surface area is 163 Å². The molecule has 144 valence electrons. The van der Waals surface area contributed by atoms with Crippen LogP contribution in [0.5, 0.6) is 11.5 Å². The third-order valence-electron chi connectivity index (χ3n) is 6.86. The van der Waals surface area contributed by atoms with Crippen molar-refractivity contribution in [3.63, 3.8) is 0 Å². The third kappa shape index (κ3) is 2.35. The van der Waals surface area contributed by atoms with Crippen LogP contribution in [-0.2, 0) is 0 Å². The molecule has 1 amide bonds. The standard InChI is InChI=1S/C21H22N4O3/c26-21(16-10-22-5-6-23-16)25-11-15(14-1-2-17-18(9-14)28-12-27-17)20-19(25)13-3-7-24(20)8-4-13/h1-2,5-6,9-10,13,15,19-20H,3-4,7-8,11-12H2/t15-,19+,20+/m0/s1. The van der Waals surface area contributed by atoms with Crippen molar-refractivity contribution in [3.8, 4) is 11.5 Å². The highest BCUT2D eigenvalue weighted by atomic mass is 16.7. The van der Waals surface area contributed by atoms with Crippen LogP contribution in [0.1, 0.15) is 34.8 Å². The fourth-order valence-electron chi connectivity index (χ4n) is 5.65. The second-order valence-corrected chi connectivity index (χ2v) is 8.12. The van der Waals surface area contributed by atoms with Gasteiger partial charge in [0.1, 0.15) is 5.69 Å². The van der Waals surface area contributed by atoms with Crippen LogP contribution in [-0.4, -0.2) is 64.2 Å². The normalized spacial score (nSPS) is 32.4. The van der Waals surface area contributed by atoms with Crippen LogP contribution >= 0.6 is 0 Å². The number of benzene rings is 1. The summed E-state index contributed by atoms with van der Waals surface area (Å²) in [4.78, 5) is 26.3. The van der Waals surface area contributed by atoms with Gasteiger partial charge >= 0.3 is 0 Å². The average Bonchev–Trinajstić information content (AvgIpc) is 3.40. The molecule has 4 fully saturated rings. The summed E-state index contributed by atoms with van der Waals surface area (Å²) < 4.78 is 11.1. The quantitative estimate of drug-likeness (QED) is 0.795. The summed E-state index contributed by atoms with van der Waals surface area (Å²) in [5.74, 6) is 2.44. The molecule has 5 aliphatic heterocycles. The molecule has 1 aromatic heterocycles. The van der Waals surface area contributed by atoms with Crippen molar-refractivity contribution >= 4 is 5.91 Å². The maximum Gasteiger partial charge on any atom is 0.274 e. The van der Waals surface area contributed by atoms with Crippen molar-refractivity contribution in [2.24, 2.45) is 5.92 Å². The first-order valence-corrected chi connectivity index (χ1v) is 10.0. The predicted octanol–water partition coefficient (Wildman–Crippen LogP) is 1.91. The monoisotopic (exact) mass is 378 g/mol. The lowest BCUT2D eigenvalue weighted by Crippen LogP contribution is -2.60. The molecule has 5 aliphatic rings. The molecule has 0 unspecified atom stereocenters. The fourth-order valence-corrected chi connectivity index (χ4v) is 5.65. The molecule has 28 heavy (non-hydrogen) atoms. The van der Waals surface area contributed by atoms with Gasteiger partial charge in [0, 0.05) is 30.9 Å². The first-order chi connectivity index (χ1) is 13.8. The molecule has 7 rings (SSSR count). The first kappa shape index (κ1) is 16.3. The van der Waals surface area contributed by atoms with E-state index in [9.17, 15) is 4.79 Å². The van der Waals surface area contributed by atoms with Gasteiger partial charge in [-0.2, -0.15) is 0 Å². The molecule has 0 saturated carbocycles. The lowest BCUT2D eigenvalue weighted by Gasteiger charge is -2.51. The molecule has 6 heterocycles. The summed E-state index contributed by atoms with van der Waals surface area (Å²) in [7, 11) is 0. The number of hydrogen-bond donors (Lipinski definition) is 0. The Balaban J connectivity index is 1.39. The van der Waals surface area contributed by atoms with Gasteiger partial charge in [0.05, 0.1) is 12.2 Å². The van der Waals surface area contributed by atoms with Crippen LogP contribution in [0.3, 0.4) is 0 Å². The van der Waals surface area contributed by atoms with Gasteiger partial charge in [-0.3, -0.25) is 14.7 Å². The SMILES string of the molecule is O=C(c1cnccn1)N1C[C@@H](c2ccc3c(c2)OCO3)[C@@H]2[C@H]1C1CCN2CC1. The van der Waals surface area contributed by atoms with Gasteiger partial charge in [-0.25, -0.2) is 4.98 Å². The number of rotatable bonds is 2. The summed E-state index contributed by atoms with van der Waals surface area (Å²) in [6.07, 6.45) is 7.10. The molecule has 2 aromatic rings. The van der Waals surface area contributed by atoms with E-state index in [1.807, 2.05) is 6.07 Å². The van der Waals surface area contributed by atoms with E-state index in [0.717, 1.165) is 24.6 Å². The number of likely N-dealkylation sites (tertiary alicyclic amines) is 1. The zero-order valence-electron chi connectivity index (χ0n) is 15.5. The number of hydrogen-bond acceptors (Lipinski definition) is 6. The molecule has 0 N–H and O–H groups in total. The van der Waals surface area contributed by atoms with Crippen LogP contribution < -0.4 is 9.47 Å². The number of amides is 1. The van der Waals surface area contributed by atoms with Crippen molar-refractivity contribution in [1.82, 2.24) is 19.8 Å². The van der Waals surface area contributed by atoms with Gasteiger partial charge in [-0.1, -0.05) is 6.07 Å². The lowest BCUT2D eigenvalue weighted by atomic mass is 9.75. The number of nitrogens with zero attached hydrogens (tertiary/aromatic N) is 4. The summed E-state index contributed by atoms with van der Waals surface area (Å²) in [6, 6.07) is 6.83. The summed E-state index contributed by atoms with van der Waals surface area (Å²) in [6.45, 7) is 3.23. The van der Waals surface area contributed by atoms with Gasteiger partial charge in [0.2, 0.25) is 6.79 Å². The number of carbonyl (C=O) groups is 1. The Morgan fingerprint density at radius 3 is 2.75 bits per heavy atom. The maximum absolute atomic E-state index is 13.3. The summed E-state index contributed by atoms with van der Waals surface area (Å²) in [5, 5.41) is 0. The summed E-state index contributed by atoms with van der Waals surface area (Å²) in [5.41, 5.74) is 1.66. The van der Waals surface area contributed by atoms with Gasteiger partial charge in [-0.15, -0.1) is 0 Å². The minimum atomic E-state index is 0.0000864. The highest BCUT2D eigenvalue weighted by Gasteiger charge is 2.55. The molecule has 3 atom stereocenters. The Kier molecular flexibility index (Phi) is 3.59. The smallest absolute Gasteiger partial charge is 0.274 e. The predicted molar refractivity (Wildman–Crippen MR) is 100 cm³/mol. The lowest BCUT2D eigenvalue weighted by molar-refractivity contribution is -0.00360. The first-order valence-electron chi connectivity index (χ1n) is 10.0. The molecule has 7 heteroatoms. The Bertz CT molecular complexity index is 913. The van der Waals surface area contributed by atoms with Crippen LogP contribution in [0.25, 0.3) is 0 Å². The number of aromatic nitrogens is 2. The molecule has 0 aliphatic carbocycles. The molecule has 7 nitrogen and oxygen atoms in total. The molecular weight excluding hydrogens is 356 g/mol. The zero-order chi connectivity index (χ0) is 18.7. The molecule has 0 radical (unpaired) electrons. The second-order valence-electron chi connectivity index (χ2n) is 8.12. The molecular formula is C21H22N4O3. The van der Waals surface area contributed by atoms with Gasteiger partial charge in [-0.05, 0) is 49.5 Å². The number of fused-ring (bicyclic) bond motifs is 3. The number of ether oxygens (including phenoxy) is 2. The number of piperidine rings is 3. The molecule has 4 saturated heterocycles. The van der Waals surface area contributed by atoms with Crippen molar-refractivity contribution in [2.75, 3.05) is 26.4 Å². The fraction of sp³-hybridized carbons (Fsp3) is 0.476. The molecule has 0 spiro atoms. The Morgan fingerprint density at radius 1 is 1.07 bits per heavy atom. The van der Waals surface area contributed by atoms with E-state index in [-0.39, 0.29) is 24.7 Å². The largest absolute Gasteiger partial charge is 0.454 e. The molecule has 1 aromatic carbocycles.